The van der Waals surface area contributed by atoms with E-state index in [1.54, 1.807) is 6.92 Å². The standard InChI is InChI=1S/C36H44N2O7/c1-23-33(20-38-18-6-8-31(38)22-40)44-36(45-34(23)28-12-10-26(21-39)11-13-28)29-16-14-27(15-17-29)32-9-5-4-7-30(32)19-37-35(42)24(2)43-25(3)41/h4-5,7,9-17,23-24,31,33-34,36,39-40H,6,8,18-22H2,1-3H3,(H,37,42)/t23-,24-,31-,33+,34+,36+/m0/s1. The van der Waals surface area contributed by atoms with Crippen LogP contribution in [-0.2, 0) is 37.0 Å². The highest BCUT2D eigenvalue weighted by Crippen LogP contribution is 2.42. The van der Waals surface area contributed by atoms with Gasteiger partial charge in [0.15, 0.2) is 12.4 Å². The lowest BCUT2D eigenvalue weighted by molar-refractivity contribution is -0.276. The number of benzene rings is 3. The highest BCUT2D eigenvalue weighted by atomic mass is 16.7. The summed E-state index contributed by atoms with van der Waals surface area (Å²) in [7, 11) is 0. The Hall–Kier alpha value is -3.60. The van der Waals surface area contributed by atoms with E-state index in [0.29, 0.717) is 13.1 Å². The summed E-state index contributed by atoms with van der Waals surface area (Å²) in [5.74, 6) is -0.794. The Kier molecular flexibility index (Phi) is 11.0. The summed E-state index contributed by atoms with van der Waals surface area (Å²) >= 11 is 0. The van der Waals surface area contributed by atoms with Crippen molar-refractivity contribution in [2.24, 2.45) is 5.92 Å². The summed E-state index contributed by atoms with van der Waals surface area (Å²) in [4.78, 5) is 26.0. The van der Waals surface area contributed by atoms with Gasteiger partial charge in [0.2, 0.25) is 0 Å². The summed E-state index contributed by atoms with van der Waals surface area (Å²) in [6.45, 7) is 7.06. The summed E-state index contributed by atoms with van der Waals surface area (Å²) in [5.41, 5.74) is 5.68. The van der Waals surface area contributed by atoms with Gasteiger partial charge in [0.25, 0.3) is 5.91 Å². The molecule has 9 heteroatoms. The van der Waals surface area contributed by atoms with Gasteiger partial charge in [0, 0.05) is 37.5 Å². The molecule has 9 nitrogen and oxygen atoms in total. The molecule has 5 rings (SSSR count). The van der Waals surface area contributed by atoms with Gasteiger partial charge in [-0.2, -0.15) is 0 Å². The number of likely N-dealkylation sites (tertiary alicyclic amines) is 1. The Morgan fingerprint density at radius 2 is 1.71 bits per heavy atom. The second kappa shape index (κ2) is 15.1. The predicted octanol–water partition coefficient (Wildman–Crippen LogP) is 4.66. The quantitative estimate of drug-likeness (QED) is 0.267. The lowest BCUT2D eigenvalue weighted by Gasteiger charge is -2.43. The number of nitrogens with one attached hydrogen (secondary N) is 1. The highest BCUT2D eigenvalue weighted by Gasteiger charge is 2.40. The molecule has 0 spiro atoms. The Morgan fingerprint density at radius 3 is 2.40 bits per heavy atom. The van der Waals surface area contributed by atoms with Gasteiger partial charge in [0.05, 0.1) is 25.4 Å². The number of amides is 1. The number of aliphatic hydroxyl groups is 2. The van der Waals surface area contributed by atoms with Crippen molar-refractivity contribution in [3.05, 3.63) is 95.1 Å². The van der Waals surface area contributed by atoms with Gasteiger partial charge in [-0.15, -0.1) is 0 Å². The molecule has 0 radical (unpaired) electrons. The van der Waals surface area contributed by atoms with Crippen LogP contribution < -0.4 is 5.32 Å². The second-order valence-electron chi connectivity index (χ2n) is 12.0. The van der Waals surface area contributed by atoms with E-state index in [-0.39, 0.29) is 43.3 Å². The van der Waals surface area contributed by atoms with Gasteiger partial charge in [-0.05, 0) is 54.1 Å². The summed E-state index contributed by atoms with van der Waals surface area (Å²) in [6.07, 6.45) is 0.270. The molecule has 0 aromatic heterocycles. The number of rotatable bonds is 11. The lowest BCUT2D eigenvalue weighted by atomic mass is 9.89. The van der Waals surface area contributed by atoms with E-state index in [0.717, 1.165) is 52.8 Å². The molecule has 2 fully saturated rings. The predicted molar refractivity (Wildman–Crippen MR) is 170 cm³/mol. The van der Waals surface area contributed by atoms with Crippen LogP contribution in [0.25, 0.3) is 11.1 Å². The Balaban J connectivity index is 1.35. The number of carbonyl (C=O) groups is 2. The number of nitrogens with zero attached hydrogens (tertiary/aromatic N) is 1. The number of esters is 1. The number of hydrogen-bond acceptors (Lipinski definition) is 8. The molecular weight excluding hydrogens is 572 g/mol. The van der Waals surface area contributed by atoms with Crippen molar-refractivity contribution in [3.8, 4) is 11.1 Å². The molecule has 0 bridgehead atoms. The molecule has 1 amide bonds. The first kappa shape index (κ1) is 32.8. The second-order valence-corrected chi connectivity index (χ2v) is 12.0. The Labute approximate surface area is 265 Å². The van der Waals surface area contributed by atoms with Crippen LogP contribution in [0.1, 0.15) is 68.3 Å². The molecule has 2 aliphatic heterocycles. The van der Waals surface area contributed by atoms with Crippen LogP contribution in [0, 0.1) is 5.92 Å². The average molecular weight is 617 g/mol. The van der Waals surface area contributed by atoms with Crippen molar-refractivity contribution < 1.29 is 34.0 Å². The van der Waals surface area contributed by atoms with Crippen LogP contribution in [0.2, 0.25) is 0 Å². The number of ether oxygens (including phenoxy) is 3. The van der Waals surface area contributed by atoms with E-state index in [1.807, 2.05) is 72.8 Å². The zero-order valence-corrected chi connectivity index (χ0v) is 26.2. The maximum Gasteiger partial charge on any atom is 0.303 e. The van der Waals surface area contributed by atoms with Crippen LogP contribution in [0.15, 0.2) is 72.8 Å². The van der Waals surface area contributed by atoms with E-state index >= 15 is 0 Å². The van der Waals surface area contributed by atoms with E-state index in [9.17, 15) is 19.8 Å². The van der Waals surface area contributed by atoms with Gasteiger partial charge in [-0.1, -0.05) is 79.7 Å². The third kappa shape index (κ3) is 7.98. The molecule has 3 aromatic rings. The molecular formula is C36H44N2O7. The first-order valence-corrected chi connectivity index (χ1v) is 15.8. The third-order valence-corrected chi connectivity index (χ3v) is 8.92. The van der Waals surface area contributed by atoms with Crippen molar-refractivity contribution in [1.29, 1.82) is 0 Å². The largest absolute Gasteiger partial charge is 0.453 e. The summed E-state index contributed by atoms with van der Waals surface area (Å²) in [5, 5.41) is 22.3. The molecule has 6 atom stereocenters. The molecule has 3 N–H and O–H groups in total. The highest BCUT2D eigenvalue weighted by molar-refractivity contribution is 5.83. The van der Waals surface area contributed by atoms with Gasteiger partial charge in [-0.3, -0.25) is 14.5 Å². The minimum atomic E-state index is -0.868. The zero-order valence-electron chi connectivity index (χ0n) is 26.2. The van der Waals surface area contributed by atoms with Crippen molar-refractivity contribution in [2.45, 2.75) is 77.4 Å². The SMILES string of the molecule is CC(=O)O[C@@H](C)C(=O)NCc1ccccc1-c1ccc([C@@H]2O[C@H](CN3CCC[C@H]3CO)[C@H](C)[C@H](c3ccc(CO)cc3)O2)cc1. The summed E-state index contributed by atoms with van der Waals surface area (Å²) < 4.78 is 18.3. The normalized spacial score (nSPS) is 24.2. The molecule has 2 heterocycles. The Morgan fingerprint density at radius 1 is 1.00 bits per heavy atom. The molecule has 240 valence electrons. The van der Waals surface area contributed by atoms with E-state index < -0.39 is 18.4 Å². The first-order valence-electron chi connectivity index (χ1n) is 15.8. The van der Waals surface area contributed by atoms with Crippen molar-refractivity contribution in [1.82, 2.24) is 10.2 Å². The van der Waals surface area contributed by atoms with Gasteiger partial charge < -0.3 is 29.7 Å². The fourth-order valence-electron chi connectivity index (χ4n) is 6.31. The Bertz CT molecular complexity index is 1430. The minimum Gasteiger partial charge on any atom is -0.453 e. The first-order chi connectivity index (χ1) is 21.8. The fourth-order valence-corrected chi connectivity index (χ4v) is 6.31. The maximum absolute atomic E-state index is 12.4. The molecule has 2 saturated heterocycles. The van der Waals surface area contributed by atoms with Gasteiger partial charge in [-0.25, -0.2) is 0 Å². The van der Waals surface area contributed by atoms with Crippen molar-refractivity contribution >= 4 is 11.9 Å². The van der Waals surface area contributed by atoms with Crippen molar-refractivity contribution in [2.75, 3.05) is 19.7 Å². The molecule has 3 aromatic carbocycles. The molecule has 2 aliphatic rings. The van der Waals surface area contributed by atoms with Crippen LogP contribution in [0.3, 0.4) is 0 Å². The van der Waals surface area contributed by atoms with Gasteiger partial charge >= 0.3 is 5.97 Å². The fraction of sp³-hybridized carbons (Fsp3) is 0.444. The maximum atomic E-state index is 12.4. The minimum absolute atomic E-state index is 0.0114. The van der Waals surface area contributed by atoms with Crippen LogP contribution in [-0.4, -0.2) is 64.9 Å². The zero-order chi connectivity index (χ0) is 31.9. The van der Waals surface area contributed by atoms with Crippen LogP contribution in [0.4, 0.5) is 0 Å². The monoisotopic (exact) mass is 616 g/mol. The molecule has 0 aliphatic carbocycles. The van der Waals surface area contributed by atoms with Gasteiger partial charge in [0.1, 0.15) is 0 Å². The lowest BCUT2D eigenvalue weighted by Crippen LogP contribution is -2.46. The molecule has 0 unspecified atom stereocenters. The molecule has 0 saturated carbocycles. The number of carbonyl (C=O) groups excluding carboxylic acids is 2. The van der Waals surface area contributed by atoms with Crippen molar-refractivity contribution in [3.63, 3.8) is 0 Å². The number of hydrogen-bond donors (Lipinski definition) is 3. The third-order valence-electron chi connectivity index (χ3n) is 8.92. The average Bonchev–Trinajstić information content (AvgIpc) is 3.51. The van der Waals surface area contributed by atoms with E-state index in [1.165, 1.54) is 6.92 Å². The smallest absolute Gasteiger partial charge is 0.303 e. The van der Waals surface area contributed by atoms with Crippen LogP contribution >= 0.6 is 0 Å². The topological polar surface area (TPSA) is 118 Å². The summed E-state index contributed by atoms with van der Waals surface area (Å²) in [6, 6.07) is 24.0. The van der Waals surface area contributed by atoms with E-state index in [2.05, 4.69) is 17.1 Å². The van der Waals surface area contributed by atoms with E-state index in [4.69, 9.17) is 14.2 Å². The van der Waals surface area contributed by atoms with Crippen LogP contribution in [0.5, 0.6) is 0 Å². The number of aliphatic hydroxyl groups excluding tert-OH is 2. The molecule has 45 heavy (non-hydrogen) atoms.